The van der Waals surface area contributed by atoms with Gasteiger partial charge in [0.2, 0.25) is 0 Å². The molecule has 2 aromatic rings. The van der Waals surface area contributed by atoms with E-state index in [9.17, 15) is 9.59 Å². The van der Waals surface area contributed by atoms with E-state index in [1.165, 1.54) is 0 Å². The van der Waals surface area contributed by atoms with Crippen molar-refractivity contribution in [1.82, 2.24) is 0 Å². The van der Waals surface area contributed by atoms with Crippen LogP contribution in [0.25, 0.3) is 0 Å². The predicted molar refractivity (Wildman–Crippen MR) is 103 cm³/mol. The molecule has 0 heterocycles. The lowest BCUT2D eigenvalue weighted by molar-refractivity contribution is -0.119. The van der Waals surface area contributed by atoms with Crippen LogP contribution in [-0.4, -0.2) is 31.7 Å². The van der Waals surface area contributed by atoms with Gasteiger partial charge in [0.15, 0.2) is 18.1 Å². The van der Waals surface area contributed by atoms with Gasteiger partial charge in [-0.25, -0.2) is 4.79 Å². The standard InChI is InChI=1S/C21H25NO5/c1-4-11-26-18-10-9-16(13-19(18)25-5-2)21(24)27-14-20(23)22-17-8-6-7-15(3)12-17/h6-10,12-13H,4-5,11,14H2,1-3H3,(H,22,23). The number of carbonyl (C=O) groups excluding carboxylic acids is 2. The molecule has 1 amide bonds. The molecule has 0 fully saturated rings. The molecule has 27 heavy (non-hydrogen) atoms. The van der Waals surface area contributed by atoms with E-state index in [1.54, 1.807) is 24.3 Å². The van der Waals surface area contributed by atoms with Crippen molar-refractivity contribution in [1.29, 1.82) is 0 Å². The van der Waals surface area contributed by atoms with Crippen molar-refractivity contribution in [3.8, 4) is 11.5 Å². The summed E-state index contributed by atoms with van der Waals surface area (Å²) < 4.78 is 16.2. The SMILES string of the molecule is CCCOc1ccc(C(=O)OCC(=O)Nc2cccc(C)c2)cc1OCC. The van der Waals surface area contributed by atoms with E-state index in [1.807, 2.05) is 39.0 Å². The van der Waals surface area contributed by atoms with Crippen LogP contribution in [0.2, 0.25) is 0 Å². The van der Waals surface area contributed by atoms with E-state index in [2.05, 4.69) is 5.32 Å². The molecule has 0 aliphatic carbocycles. The Kier molecular flexibility index (Phi) is 7.67. The number of esters is 1. The van der Waals surface area contributed by atoms with Crippen molar-refractivity contribution in [3.05, 3.63) is 53.6 Å². The molecule has 0 aliphatic rings. The van der Waals surface area contributed by atoms with Gasteiger partial charge in [0.05, 0.1) is 18.8 Å². The maximum atomic E-state index is 12.2. The molecule has 0 spiro atoms. The molecule has 0 unspecified atom stereocenters. The molecular formula is C21H25NO5. The number of hydrogen-bond donors (Lipinski definition) is 1. The van der Waals surface area contributed by atoms with E-state index in [0.29, 0.717) is 36.0 Å². The molecule has 0 aromatic heterocycles. The van der Waals surface area contributed by atoms with E-state index >= 15 is 0 Å². The Labute approximate surface area is 159 Å². The molecule has 0 bridgehead atoms. The Bertz CT molecular complexity index is 788. The predicted octanol–water partition coefficient (Wildman–Crippen LogP) is 3.98. The normalized spacial score (nSPS) is 10.2. The Morgan fingerprint density at radius 2 is 1.81 bits per heavy atom. The monoisotopic (exact) mass is 371 g/mol. The second kappa shape index (κ2) is 10.2. The first kappa shape index (κ1) is 20.3. The molecule has 1 N–H and O–H groups in total. The summed E-state index contributed by atoms with van der Waals surface area (Å²) in [7, 11) is 0. The quantitative estimate of drug-likeness (QED) is 0.675. The molecule has 0 radical (unpaired) electrons. The van der Waals surface area contributed by atoms with E-state index < -0.39 is 11.9 Å². The van der Waals surface area contributed by atoms with Crippen LogP contribution in [0.3, 0.4) is 0 Å². The summed E-state index contributed by atoms with van der Waals surface area (Å²) in [6.45, 7) is 6.42. The summed E-state index contributed by atoms with van der Waals surface area (Å²) in [6, 6.07) is 12.2. The van der Waals surface area contributed by atoms with Crippen molar-refractivity contribution in [2.24, 2.45) is 0 Å². The number of nitrogens with one attached hydrogen (secondary N) is 1. The highest BCUT2D eigenvalue weighted by atomic mass is 16.5. The summed E-state index contributed by atoms with van der Waals surface area (Å²) >= 11 is 0. The number of carbonyl (C=O) groups is 2. The average Bonchev–Trinajstić information content (AvgIpc) is 2.65. The van der Waals surface area contributed by atoms with Crippen LogP contribution in [-0.2, 0) is 9.53 Å². The van der Waals surface area contributed by atoms with Gasteiger partial charge in [0.25, 0.3) is 5.91 Å². The zero-order chi connectivity index (χ0) is 19.6. The van der Waals surface area contributed by atoms with Gasteiger partial charge >= 0.3 is 5.97 Å². The zero-order valence-electron chi connectivity index (χ0n) is 15.9. The molecule has 6 nitrogen and oxygen atoms in total. The van der Waals surface area contributed by atoms with Crippen LogP contribution < -0.4 is 14.8 Å². The number of anilines is 1. The fourth-order valence-electron chi connectivity index (χ4n) is 2.37. The van der Waals surface area contributed by atoms with Crippen molar-refractivity contribution in [2.45, 2.75) is 27.2 Å². The summed E-state index contributed by atoms with van der Waals surface area (Å²) in [5, 5.41) is 2.69. The second-order valence-corrected chi connectivity index (χ2v) is 5.94. The molecule has 6 heteroatoms. The molecule has 0 atom stereocenters. The first-order chi connectivity index (χ1) is 13.0. The van der Waals surface area contributed by atoms with Gasteiger partial charge in [-0.3, -0.25) is 4.79 Å². The van der Waals surface area contributed by atoms with Crippen LogP contribution in [0.4, 0.5) is 5.69 Å². The van der Waals surface area contributed by atoms with Gasteiger partial charge < -0.3 is 19.5 Å². The van der Waals surface area contributed by atoms with Gasteiger partial charge in [-0.15, -0.1) is 0 Å². The minimum absolute atomic E-state index is 0.297. The number of hydrogen-bond acceptors (Lipinski definition) is 5. The van der Waals surface area contributed by atoms with Crippen molar-refractivity contribution < 1.29 is 23.8 Å². The third-order valence-corrected chi connectivity index (χ3v) is 3.58. The van der Waals surface area contributed by atoms with Crippen LogP contribution in [0.1, 0.15) is 36.2 Å². The topological polar surface area (TPSA) is 73.9 Å². The van der Waals surface area contributed by atoms with Gasteiger partial charge in [0, 0.05) is 5.69 Å². The summed E-state index contributed by atoms with van der Waals surface area (Å²) in [5.74, 6) is 0.0521. The largest absolute Gasteiger partial charge is 0.490 e. The average molecular weight is 371 g/mol. The lowest BCUT2D eigenvalue weighted by atomic mass is 10.2. The molecule has 144 valence electrons. The van der Waals surface area contributed by atoms with Crippen molar-refractivity contribution >= 4 is 17.6 Å². The van der Waals surface area contributed by atoms with Gasteiger partial charge in [-0.05, 0) is 56.2 Å². The Morgan fingerprint density at radius 3 is 2.52 bits per heavy atom. The molecule has 0 saturated carbocycles. The maximum Gasteiger partial charge on any atom is 0.338 e. The van der Waals surface area contributed by atoms with E-state index in [-0.39, 0.29) is 6.61 Å². The third kappa shape index (κ3) is 6.33. The number of aryl methyl sites for hydroxylation is 1. The first-order valence-corrected chi connectivity index (χ1v) is 8.96. The Balaban J connectivity index is 1.96. The van der Waals surface area contributed by atoms with Gasteiger partial charge in [0.1, 0.15) is 0 Å². The highest BCUT2D eigenvalue weighted by Crippen LogP contribution is 2.29. The lowest BCUT2D eigenvalue weighted by Crippen LogP contribution is -2.21. The third-order valence-electron chi connectivity index (χ3n) is 3.58. The highest BCUT2D eigenvalue weighted by molar-refractivity contribution is 5.95. The second-order valence-electron chi connectivity index (χ2n) is 5.94. The van der Waals surface area contributed by atoms with Crippen molar-refractivity contribution in [3.63, 3.8) is 0 Å². The summed E-state index contributed by atoms with van der Waals surface area (Å²) in [6.07, 6.45) is 0.866. The van der Waals surface area contributed by atoms with Crippen LogP contribution in [0.15, 0.2) is 42.5 Å². The van der Waals surface area contributed by atoms with Gasteiger partial charge in [-0.1, -0.05) is 19.1 Å². The van der Waals surface area contributed by atoms with Gasteiger partial charge in [-0.2, -0.15) is 0 Å². The highest BCUT2D eigenvalue weighted by Gasteiger charge is 2.14. The zero-order valence-corrected chi connectivity index (χ0v) is 15.9. The number of rotatable bonds is 9. The number of amides is 1. The summed E-state index contributed by atoms with van der Waals surface area (Å²) in [4.78, 5) is 24.2. The smallest absolute Gasteiger partial charge is 0.338 e. The lowest BCUT2D eigenvalue weighted by Gasteiger charge is -2.13. The minimum Gasteiger partial charge on any atom is -0.490 e. The number of ether oxygens (including phenoxy) is 3. The fraction of sp³-hybridized carbons (Fsp3) is 0.333. The van der Waals surface area contributed by atoms with Crippen LogP contribution in [0, 0.1) is 6.92 Å². The minimum atomic E-state index is -0.600. The van der Waals surface area contributed by atoms with E-state index in [0.717, 1.165) is 12.0 Å². The Morgan fingerprint density at radius 1 is 1.00 bits per heavy atom. The first-order valence-electron chi connectivity index (χ1n) is 8.96. The summed E-state index contributed by atoms with van der Waals surface area (Å²) in [5.41, 5.74) is 1.98. The maximum absolute atomic E-state index is 12.2. The van der Waals surface area contributed by atoms with E-state index in [4.69, 9.17) is 14.2 Å². The fourth-order valence-corrected chi connectivity index (χ4v) is 2.37. The van der Waals surface area contributed by atoms with Crippen molar-refractivity contribution in [2.75, 3.05) is 25.1 Å². The van der Waals surface area contributed by atoms with Crippen LogP contribution >= 0.6 is 0 Å². The molecule has 0 aliphatic heterocycles. The Hall–Kier alpha value is -3.02. The number of benzene rings is 2. The molecule has 0 saturated heterocycles. The van der Waals surface area contributed by atoms with Crippen LogP contribution in [0.5, 0.6) is 11.5 Å². The molecule has 2 aromatic carbocycles. The molecular weight excluding hydrogens is 346 g/mol. The molecule has 2 rings (SSSR count).